The molecule has 0 radical (unpaired) electrons. The summed E-state index contributed by atoms with van der Waals surface area (Å²) in [4.78, 5) is 47.9. The molecule has 2 aliphatic heterocycles. The maximum Gasteiger partial charge on any atom is 0.410 e. The normalized spacial score (nSPS) is 16.4. The molecule has 0 aliphatic carbocycles. The smallest absolute Gasteiger partial charge is 0.410 e. The number of benzene rings is 1. The number of hydrogen-bond acceptors (Lipinski definition) is 10. The highest BCUT2D eigenvalue weighted by Gasteiger charge is 2.39. The largest absolute Gasteiger partial charge is 0.507 e. The second-order valence-electron chi connectivity index (χ2n) is 12.4. The molecule has 6 rings (SSSR count). The molecule has 14 heteroatoms. The first-order valence-electron chi connectivity index (χ1n) is 14.6. The van der Waals surface area contributed by atoms with E-state index in [0.29, 0.717) is 17.1 Å². The van der Waals surface area contributed by atoms with Crippen LogP contribution in [0.25, 0.3) is 28.0 Å². The maximum atomic E-state index is 16.5. The minimum atomic E-state index is -1.04. The van der Waals surface area contributed by atoms with Gasteiger partial charge in [-0.25, -0.2) is 37.9 Å². The minimum absolute atomic E-state index is 0.0749. The molecule has 0 bridgehead atoms. The Hall–Kier alpha value is -4.88. The number of carbonyl (C=O) groups excluding carboxylic acids is 1. The topological polar surface area (TPSA) is 136 Å². The molecule has 1 saturated heterocycles. The van der Waals surface area contributed by atoms with Gasteiger partial charge in [0.2, 0.25) is 0 Å². The minimum Gasteiger partial charge on any atom is -0.507 e. The fourth-order valence-corrected chi connectivity index (χ4v) is 5.77. The summed E-state index contributed by atoms with van der Waals surface area (Å²) in [7, 11) is 0. The zero-order valence-electron chi connectivity index (χ0n) is 25.8. The monoisotopic (exact) mass is 621 g/mol. The van der Waals surface area contributed by atoms with E-state index in [1.165, 1.54) is 27.9 Å². The highest BCUT2D eigenvalue weighted by atomic mass is 19.1. The highest BCUT2D eigenvalue weighted by molar-refractivity contribution is 5.97. The van der Waals surface area contributed by atoms with E-state index in [4.69, 9.17) is 9.47 Å². The van der Waals surface area contributed by atoms with Crippen molar-refractivity contribution in [3.63, 3.8) is 0 Å². The number of aromatic hydroxyl groups is 1. The summed E-state index contributed by atoms with van der Waals surface area (Å²) in [5, 5.41) is 10.7. The number of rotatable bonds is 3. The molecule has 1 aromatic carbocycles. The number of phenolic OH excluding ortho intramolecular Hbond substituents is 1. The standard InChI is InChI=1S/C31H33F2N7O5/c1-15(2)23-25(16(3)34-14-35-23)40-28-21-26(22(33)24(36-28)20-18(32)8-7-9-19(20)41)44-13-17-12-38(30(43)45-31(4,5)6)10-11-39(17)27(21)37-29(40)42/h7-9,14-15,17,41H,10-13H2,1-6H3/t17-/m1/s1. The van der Waals surface area contributed by atoms with E-state index in [9.17, 15) is 14.7 Å². The summed E-state index contributed by atoms with van der Waals surface area (Å²) < 4.78 is 44.5. The van der Waals surface area contributed by atoms with Gasteiger partial charge in [0.1, 0.15) is 47.0 Å². The zero-order valence-corrected chi connectivity index (χ0v) is 25.8. The summed E-state index contributed by atoms with van der Waals surface area (Å²) in [6.45, 7) is 11.3. The Bertz CT molecular complexity index is 1890. The molecule has 2 aliphatic rings. The first-order chi connectivity index (χ1) is 21.3. The SMILES string of the molecule is Cc1ncnc(C(C)C)c1-n1c(=O)nc2c3c(c(F)c(-c4c(O)cccc4F)nc31)OC[C@H]1CN(C(=O)OC(C)(C)C)CCN21. The van der Waals surface area contributed by atoms with Crippen molar-refractivity contribution in [1.29, 1.82) is 0 Å². The van der Waals surface area contributed by atoms with E-state index < -0.39 is 52.1 Å². The molecular formula is C31H33F2N7O5. The molecule has 0 unspecified atom stereocenters. The summed E-state index contributed by atoms with van der Waals surface area (Å²) >= 11 is 0. The van der Waals surface area contributed by atoms with Crippen molar-refractivity contribution < 1.29 is 28.2 Å². The van der Waals surface area contributed by atoms with Crippen LogP contribution in [0.3, 0.4) is 0 Å². The molecule has 0 saturated carbocycles. The first kappa shape index (κ1) is 30.2. The predicted molar refractivity (Wildman–Crippen MR) is 161 cm³/mol. The lowest BCUT2D eigenvalue weighted by molar-refractivity contribution is 0.0201. The van der Waals surface area contributed by atoms with Crippen LogP contribution in [0.4, 0.5) is 19.4 Å². The first-order valence-corrected chi connectivity index (χ1v) is 14.6. The molecule has 1 amide bonds. The molecule has 236 valence electrons. The number of anilines is 1. The number of fused-ring (bicyclic) bond motifs is 2. The van der Waals surface area contributed by atoms with Crippen molar-refractivity contribution in [3.05, 3.63) is 58.0 Å². The molecule has 1 N–H and O–H groups in total. The third kappa shape index (κ3) is 5.17. The van der Waals surface area contributed by atoms with Crippen molar-refractivity contribution in [2.24, 2.45) is 0 Å². The molecule has 12 nitrogen and oxygen atoms in total. The average Bonchev–Trinajstić information content (AvgIpc) is 3.12. The van der Waals surface area contributed by atoms with Crippen molar-refractivity contribution >= 4 is 22.9 Å². The second kappa shape index (κ2) is 10.9. The van der Waals surface area contributed by atoms with Gasteiger partial charge in [0.15, 0.2) is 17.2 Å². The molecule has 3 aromatic heterocycles. The number of piperazine rings is 1. The lowest BCUT2D eigenvalue weighted by Gasteiger charge is -2.41. The van der Waals surface area contributed by atoms with Gasteiger partial charge < -0.3 is 24.4 Å². The summed E-state index contributed by atoms with van der Waals surface area (Å²) in [5.41, 5.74) is -1.31. The van der Waals surface area contributed by atoms with Gasteiger partial charge >= 0.3 is 11.8 Å². The number of hydrogen-bond donors (Lipinski definition) is 1. The van der Waals surface area contributed by atoms with E-state index in [0.717, 1.165) is 6.07 Å². The fourth-order valence-electron chi connectivity index (χ4n) is 5.77. The number of carbonyl (C=O) groups is 1. The molecular weight excluding hydrogens is 588 g/mol. The van der Waals surface area contributed by atoms with Crippen molar-refractivity contribution in [1.82, 2.24) is 29.4 Å². The lowest BCUT2D eigenvalue weighted by atomic mass is 10.1. The van der Waals surface area contributed by atoms with Crippen LogP contribution >= 0.6 is 0 Å². The second-order valence-corrected chi connectivity index (χ2v) is 12.4. The third-order valence-electron chi connectivity index (χ3n) is 7.76. The number of aryl methyl sites for hydroxylation is 1. The quantitative estimate of drug-likeness (QED) is 0.349. The number of ether oxygens (including phenoxy) is 2. The van der Waals surface area contributed by atoms with Crippen molar-refractivity contribution in [3.8, 4) is 28.4 Å². The van der Waals surface area contributed by atoms with Crippen LogP contribution in [0.15, 0.2) is 29.3 Å². The van der Waals surface area contributed by atoms with Gasteiger partial charge in [-0.15, -0.1) is 0 Å². The van der Waals surface area contributed by atoms with Crippen LogP contribution in [-0.4, -0.2) is 78.5 Å². The number of nitrogens with zero attached hydrogens (tertiary/aromatic N) is 7. The lowest BCUT2D eigenvalue weighted by Crippen LogP contribution is -2.57. The van der Waals surface area contributed by atoms with Gasteiger partial charge in [0, 0.05) is 19.6 Å². The van der Waals surface area contributed by atoms with Gasteiger partial charge in [-0.05, 0) is 45.7 Å². The molecule has 1 atom stereocenters. The van der Waals surface area contributed by atoms with Gasteiger partial charge in [-0.2, -0.15) is 4.98 Å². The van der Waals surface area contributed by atoms with E-state index in [2.05, 4.69) is 19.9 Å². The molecule has 45 heavy (non-hydrogen) atoms. The number of phenols is 1. The number of aromatic nitrogens is 5. The van der Waals surface area contributed by atoms with E-state index in [1.54, 1.807) is 32.6 Å². The van der Waals surface area contributed by atoms with E-state index in [1.807, 2.05) is 13.8 Å². The van der Waals surface area contributed by atoms with E-state index >= 15 is 8.78 Å². The number of amides is 1. The summed E-state index contributed by atoms with van der Waals surface area (Å²) in [6, 6.07) is 3.03. The van der Waals surface area contributed by atoms with Crippen LogP contribution in [0, 0.1) is 18.6 Å². The van der Waals surface area contributed by atoms with Crippen LogP contribution in [0.2, 0.25) is 0 Å². The Kier molecular flexibility index (Phi) is 7.32. The van der Waals surface area contributed by atoms with Crippen LogP contribution in [0.1, 0.15) is 51.9 Å². The summed E-state index contributed by atoms with van der Waals surface area (Å²) in [5.74, 6) is -2.85. The predicted octanol–water partition coefficient (Wildman–Crippen LogP) is 4.47. The Balaban J connectivity index is 1.63. The Labute approximate surface area is 257 Å². The van der Waals surface area contributed by atoms with Gasteiger partial charge in [-0.1, -0.05) is 19.9 Å². The number of pyridine rings is 1. The van der Waals surface area contributed by atoms with Gasteiger partial charge in [-0.3, -0.25) is 0 Å². The van der Waals surface area contributed by atoms with Crippen LogP contribution in [-0.2, 0) is 4.74 Å². The summed E-state index contributed by atoms with van der Waals surface area (Å²) in [6.07, 6.45) is 0.875. The Morgan fingerprint density at radius 2 is 1.91 bits per heavy atom. The van der Waals surface area contributed by atoms with Crippen LogP contribution in [0.5, 0.6) is 11.5 Å². The molecule has 5 heterocycles. The molecule has 0 spiro atoms. The van der Waals surface area contributed by atoms with Gasteiger partial charge in [0.25, 0.3) is 0 Å². The fraction of sp³-hybridized carbons (Fsp3) is 0.419. The van der Waals surface area contributed by atoms with Gasteiger partial charge in [0.05, 0.1) is 28.7 Å². The Morgan fingerprint density at radius 3 is 2.60 bits per heavy atom. The molecule has 1 fully saturated rings. The van der Waals surface area contributed by atoms with Crippen molar-refractivity contribution in [2.45, 2.75) is 59.1 Å². The van der Waals surface area contributed by atoms with Crippen LogP contribution < -0.4 is 15.3 Å². The van der Waals surface area contributed by atoms with E-state index in [-0.39, 0.29) is 54.8 Å². The highest BCUT2D eigenvalue weighted by Crippen LogP contribution is 2.44. The average molecular weight is 622 g/mol. The van der Waals surface area contributed by atoms with Crippen molar-refractivity contribution in [2.75, 3.05) is 31.1 Å². The molecule has 4 aromatic rings. The Morgan fingerprint density at radius 1 is 1.16 bits per heavy atom. The number of halogens is 2. The maximum absolute atomic E-state index is 16.5. The third-order valence-corrected chi connectivity index (χ3v) is 7.76. The zero-order chi connectivity index (χ0) is 32.4.